The molecule has 0 aliphatic heterocycles. The maximum absolute atomic E-state index is 11.2. The van der Waals surface area contributed by atoms with Gasteiger partial charge < -0.3 is 4.84 Å². The molecule has 0 aromatic heterocycles. The first-order chi connectivity index (χ1) is 7.61. The molecule has 0 aliphatic rings. The second-order valence-electron chi connectivity index (χ2n) is 3.81. The predicted molar refractivity (Wildman–Crippen MR) is 67.6 cm³/mol. The molecule has 0 bridgehead atoms. The van der Waals surface area contributed by atoms with Gasteiger partial charge in [0.1, 0.15) is 0 Å². The molecule has 0 radical (unpaired) electrons. The number of alkyl halides is 1. The highest BCUT2D eigenvalue weighted by Crippen LogP contribution is 2.05. The van der Waals surface area contributed by atoms with E-state index in [0.717, 1.165) is 32.4 Å². The number of Topliss-reactive ketones (excluding diaryl/α,β-unsaturated/α-hetero) is 1. The zero-order valence-electron chi connectivity index (χ0n) is 10.3. The van der Waals surface area contributed by atoms with E-state index in [0.29, 0.717) is 17.9 Å². The van der Waals surface area contributed by atoms with Crippen LogP contribution in [-0.4, -0.2) is 36.9 Å². The van der Waals surface area contributed by atoms with Crippen molar-refractivity contribution in [2.24, 2.45) is 0 Å². The minimum atomic E-state index is 0.171. The molecule has 0 amide bonds. The molecule has 0 saturated carbocycles. The molecule has 0 spiro atoms. The Morgan fingerprint density at radius 3 is 2.50 bits per heavy atom. The SMILES string of the molecule is C=C(C)C(=O)CCCCCN(CCCl)OC. The van der Waals surface area contributed by atoms with Crippen LogP contribution in [0, 0.1) is 0 Å². The summed E-state index contributed by atoms with van der Waals surface area (Å²) < 4.78 is 0. The number of hydroxylamine groups is 2. The molecule has 0 aliphatic carbocycles. The van der Waals surface area contributed by atoms with Gasteiger partial charge in [0.15, 0.2) is 5.78 Å². The summed E-state index contributed by atoms with van der Waals surface area (Å²) in [5, 5.41) is 1.84. The Balaban J connectivity index is 3.45. The normalized spacial score (nSPS) is 10.8. The van der Waals surface area contributed by atoms with E-state index in [1.54, 1.807) is 14.0 Å². The molecule has 3 nitrogen and oxygen atoms in total. The van der Waals surface area contributed by atoms with E-state index in [1.807, 2.05) is 5.06 Å². The number of carbonyl (C=O) groups is 1. The van der Waals surface area contributed by atoms with Crippen LogP contribution in [0.1, 0.15) is 32.6 Å². The standard InChI is InChI=1S/C12H22ClNO2/c1-11(2)12(15)7-5-4-6-9-14(16-3)10-8-13/h1,4-10H2,2-3H3. The Hall–Kier alpha value is -0.380. The van der Waals surface area contributed by atoms with Crippen molar-refractivity contribution in [3.63, 3.8) is 0 Å². The van der Waals surface area contributed by atoms with Crippen LogP contribution >= 0.6 is 11.6 Å². The fourth-order valence-electron chi connectivity index (χ4n) is 1.35. The van der Waals surface area contributed by atoms with Crippen molar-refractivity contribution in [1.82, 2.24) is 5.06 Å². The summed E-state index contributed by atoms with van der Waals surface area (Å²) in [7, 11) is 1.65. The minimum absolute atomic E-state index is 0.171. The lowest BCUT2D eigenvalue weighted by Crippen LogP contribution is -2.25. The lowest BCUT2D eigenvalue weighted by Gasteiger charge is -2.17. The number of unbranched alkanes of at least 4 members (excludes halogenated alkanes) is 2. The van der Waals surface area contributed by atoms with Gasteiger partial charge in [0, 0.05) is 25.4 Å². The highest BCUT2D eigenvalue weighted by molar-refractivity contribution is 6.18. The lowest BCUT2D eigenvalue weighted by atomic mass is 10.1. The topological polar surface area (TPSA) is 29.5 Å². The zero-order valence-corrected chi connectivity index (χ0v) is 11.1. The smallest absolute Gasteiger partial charge is 0.157 e. The van der Waals surface area contributed by atoms with Crippen molar-refractivity contribution in [2.45, 2.75) is 32.6 Å². The van der Waals surface area contributed by atoms with E-state index in [4.69, 9.17) is 16.4 Å². The van der Waals surface area contributed by atoms with Crippen LogP contribution in [0.4, 0.5) is 0 Å². The maximum atomic E-state index is 11.2. The Morgan fingerprint density at radius 2 is 2.00 bits per heavy atom. The summed E-state index contributed by atoms with van der Waals surface area (Å²) in [5.41, 5.74) is 0.653. The first-order valence-corrected chi connectivity index (χ1v) is 6.19. The number of nitrogens with zero attached hydrogens (tertiary/aromatic N) is 1. The van der Waals surface area contributed by atoms with Gasteiger partial charge in [-0.15, -0.1) is 11.6 Å². The maximum Gasteiger partial charge on any atom is 0.157 e. The van der Waals surface area contributed by atoms with Crippen molar-refractivity contribution in [3.05, 3.63) is 12.2 Å². The zero-order chi connectivity index (χ0) is 12.4. The van der Waals surface area contributed by atoms with Crippen molar-refractivity contribution in [1.29, 1.82) is 0 Å². The summed E-state index contributed by atoms with van der Waals surface area (Å²) in [6, 6.07) is 0. The molecule has 0 atom stereocenters. The van der Waals surface area contributed by atoms with Gasteiger partial charge in [0.05, 0.1) is 7.11 Å². The van der Waals surface area contributed by atoms with Crippen molar-refractivity contribution in [3.8, 4) is 0 Å². The van der Waals surface area contributed by atoms with Gasteiger partial charge in [0.2, 0.25) is 0 Å². The number of hydrogen-bond acceptors (Lipinski definition) is 3. The molecule has 16 heavy (non-hydrogen) atoms. The fourth-order valence-corrected chi connectivity index (χ4v) is 1.54. The number of halogens is 1. The largest absolute Gasteiger partial charge is 0.302 e. The van der Waals surface area contributed by atoms with E-state index in [-0.39, 0.29) is 5.78 Å². The summed E-state index contributed by atoms with van der Waals surface area (Å²) in [6.07, 6.45) is 3.58. The molecule has 94 valence electrons. The Kier molecular flexibility index (Phi) is 9.59. The molecule has 0 rings (SSSR count). The average Bonchev–Trinajstić information content (AvgIpc) is 2.26. The van der Waals surface area contributed by atoms with Gasteiger partial charge in [-0.05, 0) is 25.3 Å². The van der Waals surface area contributed by atoms with Gasteiger partial charge >= 0.3 is 0 Å². The second kappa shape index (κ2) is 9.82. The average molecular weight is 248 g/mol. The molecule has 0 unspecified atom stereocenters. The number of allylic oxidation sites excluding steroid dienone is 1. The van der Waals surface area contributed by atoms with Gasteiger partial charge in [0.25, 0.3) is 0 Å². The van der Waals surface area contributed by atoms with Gasteiger partial charge in [-0.3, -0.25) is 4.79 Å². The fraction of sp³-hybridized carbons (Fsp3) is 0.750. The molecule has 0 heterocycles. The third-order valence-electron chi connectivity index (χ3n) is 2.38. The van der Waals surface area contributed by atoms with Crippen molar-refractivity contribution in [2.75, 3.05) is 26.1 Å². The van der Waals surface area contributed by atoms with Crippen molar-refractivity contribution >= 4 is 17.4 Å². The first-order valence-electron chi connectivity index (χ1n) is 5.65. The van der Waals surface area contributed by atoms with E-state index >= 15 is 0 Å². The van der Waals surface area contributed by atoms with Crippen molar-refractivity contribution < 1.29 is 9.63 Å². The van der Waals surface area contributed by atoms with Gasteiger partial charge in [-0.1, -0.05) is 13.0 Å². The third kappa shape index (κ3) is 7.85. The molecule has 0 fully saturated rings. The molecule has 0 saturated heterocycles. The Bertz CT molecular complexity index is 219. The predicted octanol–water partition coefficient (Wildman–Crippen LogP) is 2.79. The number of rotatable bonds is 10. The monoisotopic (exact) mass is 247 g/mol. The molecule has 4 heteroatoms. The van der Waals surface area contributed by atoms with E-state index in [1.165, 1.54) is 0 Å². The summed E-state index contributed by atoms with van der Waals surface area (Å²) >= 11 is 5.62. The number of hydrogen-bond donors (Lipinski definition) is 0. The molecule has 0 aromatic carbocycles. The van der Waals surface area contributed by atoms with Gasteiger partial charge in [-0.25, -0.2) is 0 Å². The highest BCUT2D eigenvalue weighted by atomic mass is 35.5. The van der Waals surface area contributed by atoms with E-state index in [2.05, 4.69) is 6.58 Å². The quantitative estimate of drug-likeness (QED) is 0.257. The van der Waals surface area contributed by atoms with Crippen LogP contribution in [-0.2, 0) is 9.63 Å². The summed E-state index contributed by atoms with van der Waals surface area (Å²) in [5.74, 6) is 0.742. The summed E-state index contributed by atoms with van der Waals surface area (Å²) in [4.78, 5) is 16.4. The first kappa shape index (κ1) is 15.6. The Morgan fingerprint density at radius 1 is 1.31 bits per heavy atom. The lowest BCUT2D eigenvalue weighted by molar-refractivity contribution is -0.127. The second-order valence-corrected chi connectivity index (χ2v) is 4.19. The van der Waals surface area contributed by atoms with Crippen LogP contribution in [0.2, 0.25) is 0 Å². The Labute approximate surface area is 103 Å². The van der Waals surface area contributed by atoms with Crippen LogP contribution in [0.3, 0.4) is 0 Å². The van der Waals surface area contributed by atoms with Crippen LogP contribution < -0.4 is 0 Å². The molecular weight excluding hydrogens is 226 g/mol. The van der Waals surface area contributed by atoms with Gasteiger partial charge in [-0.2, -0.15) is 5.06 Å². The molecule has 0 N–H and O–H groups in total. The molecule has 0 aromatic rings. The summed E-state index contributed by atoms with van der Waals surface area (Å²) in [6.45, 7) is 6.99. The minimum Gasteiger partial charge on any atom is -0.302 e. The third-order valence-corrected chi connectivity index (χ3v) is 2.55. The molecular formula is C12H22ClNO2. The highest BCUT2D eigenvalue weighted by Gasteiger charge is 2.04. The number of carbonyl (C=O) groups excluding carboxylic acids is 1. The van der Waals surface area contributed by atoms with E-state index < -0.39 is 0 Å². The van der Waals surface area contributed by atoms with E-state index in [9.17, 15) is 4.79 Å². The number of ketones is 1. The van der Waals surface area contributed by atoms with Crippen LogP contribution in [0.25, 0.3) is 0 Å². The van der Waals surface area contributed by atoms with Crippen LogP contribution in [0.15, 0.2) is 12.2 Å². The van der Waals surface area contributed by atoms with Crippen LogP contribution in [0.5, 0.6) is 0 Å².